The summed E-state index contributed by atoms with van der Waals surface area (Å²) in [5.74, 6) is -1.49. The Bertz CT molecular complexity index is 307. The number of carboxylic acid groups (broad SMARTS) is 1. The van der Waals surface area contributed by atoms with Crippen LogP contribution in [0.25, 0.3) is 0 Å². The molecule has 0 radical (unpaired) electrons. The molecule has 0 aromatic rings. The zero-order valence-corrected chi connectivity index (χ0v) is 11.2. The van der Waals surface area contributed by atoms with Crippen molar-refractivity contribution < 1.29 is 14.7 Å². The van der Waals surface area contributed by atoms with Crippen molar-refractivity contribution in [2.45, 2.75) is 20.8 Å². The fraction of sp³-hybridized carbons (Fsp3) is 0.667. The smallest absolute Gasteiger partial charge is 0.351 e. The Hall–Kier alpha value is -1.52. The molecule has 0 aromatic heterocycles. The number of carbonyl (C=O) groups is 2. The van der Waals surface area contributed by atoms with Crippen molar-refractivity contribution in [3.63, 3.8) is 0 Å². The van der Waals surface area contributed by atoms with Crippen LogP contribution in [0.15, 0.2) is 11.8 Å². The normalized spacial score (nSPS) is 13.1. The second-order valence-electron chi connectivity index (χ2n) is 4.05. The third-order valence-electron chi connectivity index (χ3n) is 2.57. The maximum absolute atomic E-state index is 12.0. The molecule has 0 aliphatic carbocycles. The van der Waals surface area contributed by atoms with Gasteiger partial charge in [-0.15, -0.1) is 0 Å². The van der Waals surface area contributed by atoms with E-state index < -0.39 is 11.9 Å². The van der Waals surface area contributed by atoms with Crippen LogP contribution in [0, 0.1) is 5.92 Å². The van der Waals surface area contributed by atoms with Crippen LogP contribution in [0.4, 0.5) is 0 Å². The monoisotopic (exact) mass is 242 g/mol. The van der Waals surface area contributed by atoms with Gasteiger partial charge in [-0.1, -0.05) is 0 Å². The molecule has 1 N–H and O–H groups in total. The summed E-state index contributed by atoms with van der Waals surface area (Å²) in [5, 5.41) is 8.99. The van der Waals surface area contributed by atoms with Gasteiger partial charge in [0.2, 0.25) is 5.91 Å². The molecule has 0 heterocycles. The van der Waals surface area contributed by atoms with Gasteiger partial charge in [-0.25, -0.2) is 4.79 Å². The lowest BCUT2D eigenvalue weighted by Crippen LogP contribution is -2.35. The molecule has 0 spiro atoms. The van der Waals surface area contributed by atoms with Crippen molar-refractivity contribution in [1.82, 2.24) is 9.80 Å². The van der Waals surface area contributed by atoms with Crippen molar-refractivity contribution in [1.29, 1.82) is 0 Å². The van der Waals surface area contributed by atoms with Gasteiger partial charge in [0.05, 0.1) is 5.92 Å². The molecule has 0 saturated carbocycles. The lowest BCUT2D eigenvalue weighted by atomic mass is 10.1. The molecular weight excluding hydrogens is 220 g/mol. The van der Waals surface area contributed by atoms with Crippen LogP contribution >= 0.6 is 0 Å². The van der Waals surface area contributed by atoms with Crippen LogP contribution in [-0.4, -0.2) is 54.0 Å². The Morgan fingerprint density at radius 3 is 2.00 bits per heavy atom. The quantitative estimate of drug-likeness (QED) is 0.706. The van der Waals surface area contributed by atoms with E-state index in [1.54, 1.807) is 25.9 Å². The van der Waals surface area contributed by atoms with E-state index in [4.69, 9.17) is 5.11 Å². The molecule has 1 unspecified atom stereocenters. The molecule has 0 bridgehead atoms. The van der Waals surface area contributed by atoms with Gasteiger partial charge < -0.3 is 14.9 Å². The summed E-state index contributed by atoms with van der Waals surface area (Å²) in [7, 11) is 3.29. The zero-order chi connectivity index (χ0) is 13.6. The number of rotatable bonds is 6. The Labute approximate surface area is 103 Å². The predicted molar refractivity (Wildman–Crippen MR) is 66.5 cm³/mol. The Kier molecular flexibility index (Phi) is 6.31. The molecule has 1 atom stereocenters. The van der Waals surface area contributed by atoms with Gasteiger partial charge in [0.1, 0.15) is 5.70 Å². The Balaban J connectivity index is 4.92. The first-order valence-corrected chi connectivity index (χ1v) is 5.76. The summed E-state index contributed by atoms with van der Waals surface area (Å²) in [6.45, 7) is 6.80. The average Bonchev–Trinajstić information content (AvgIpc) is 2.25. The second kappa shape index (κ2) is 6.93. The number of hydrogen-bond donors (Lipinski definition) is 1. The first kappa shape index (κ1) is 15.5. The molecule has 0 aliphatic rings. The van der Waals surface area contributed by atoms with Gasteiger partial charge in [0, 0.05) is 27.2 Å². The highest BCUT2D eigenvalue weighted by molar-refractivity contribution is 5.88. The predicted octanol–water partition coefficient (Wildman–Crippen LogP) is 1.02. The van der Waals surface area contributed by atoms with Crippen molar-refractivity contribution in [3.8, 4) is 0 Å². The summed E-state index contributed by atoms with van der Waals surface area (Å²) in [6.07, 6.45) is 1.49. The van der Waals surface area contributed by atoms with E-state index in [-0.39, 0.29) is 11.6 Å². The highest BCUT2D eigenvalue weighted by Crippen LogP contribution is 2.09. The first-order chi connectivity index (χ1) is 7.84. The van der Waals surface area contributed by atoms with Crippen LogP contribution < -0.4 is 0 Å². The standard InChI is InChI=1S/C12H22N2O3/c1-6-14(7-2)11(15)9(3)8-10(12(16)17)13(4)5/h8-9H,6-7H2,1-5H3,(H,16,17)/b10-8-. The van der Waals surface area contributed by atoms with E-state index in [0.717, 1.165) is 0 Å². The van der Waals surface area contributed by atoms with E-state index >= 15 is 0 Å². The third-order valence-corrected chi connectivity index (χ3v) is 2.57. The van der Waals surface area contributed by atoms with Crippen LogP contribution in [0.1, 0.15) is 20.8 Å². The summed E-state index contributed by atoms with van der Waals surface area (Å²) in [5.41, 5.74) is 0.137. The Morgan fingerprint density at radius 1 is 1.24 bits per heavy atom. The summed E-state index contributed by atoms with van der Waals surface area (Å²) in [4.78, 5) is 26.1. The van der Waals surface area contributed by atoms with Crippen LogP contribution in [-0.2, 0) is 9.59 Å². The van der Waals surface area contributed by atoms with E-state index in [0.29, 0.717) is 13.1 Å². The first-order valence-electron chi connectivity index (χ1n) is 5.76. The highest BCUT2D eigenvalue weighted by Gasteiger charge is 2.19. The minimum atomic E-state index is -1.02. The molecule has 0 rings (SSSR count). The summed E-state index contributed by atoms with van der Waals surface area (Å²) < 4.78 is 0. The van der Waals surface area contributed by atoms with Crippen molar-refractivity contribution in [2.75, 3.05) is 27.2 Å². The summed E-state index contributed by atoms with van der Waals surface area (Å²) >= 11 is 0. The molecule has 17 heavy (non-hydrogen) atoms. The molecule has 5 nitrogen and oxygen atoms in total. The molecule has 0 aliphatic heterocycles. The van der Waals surface area contributed by atoms with Crippen LogP contribution in [0.5, 0.6) is 0 Å². The largest absolute Gasteiger partial charge is 0.477 e. The van der Waals surface area contributed by atoms with Gasteiger partial charge in [-0.3, -0.25) is 4.79 Å². The molecule has 1 amide bonds. The number of carboxylic acids is 1. The Morgan fingerprint density at radius 2 is 1.71 bits per heavy atom. The summed E-state index contributed by atoms with van der Waals surface area (Å²) in [6, 6.07) is 0. The molecule has 98 valence electrons. The molecule has 0 fully saturated rings. The number of likely N-dealkylation sites (N-methyl/N-ethyl adjacent to an activating group) is 1. The number of nitrogens with zero attached hydrogens (tertiary/aromatic N) is 2. The molecule has 0 saturated heterocycles. The van der Waals surface area contributed by atoms with E-state index in [2.05, 4.69) is 0 Å². The van der Waals surface area contributed by atoms with E-state index in [9.17, 15) is 9.59 Å². The lowest BCUT2D eigenvalue weighted by Gasteiger charge is -2.22. The topological polar surface area (TPSA) is 60.9 Å². The van der Waals surface area contributed by atoms with Gasteiger partial charge in [-0.2, -0.15) is 0 Å². The number of hydrogen-bond acceptors (Lipinski definition) is 3. The molecular formula is C12H22N2O3. The zero-order valence-electron chi connectivity index (χ0n) is 11.2. The number of aliphatic carboxylic acids is 1. The highest BCUT2D eigenvalue weighted by atomic mass is 16.4. The number of amides is 1. The van der Waals surface area contributed by atoms with Crippen molar-refractivity contribution in [2.24, 2.45) is 5.92 Å². The minimum absolute atomic E-state index is 0.0457. The number of carbonyl (C=O) groups excluding carboxylic acids is 1. The van der Waals surface area contributed by atoms with Gasteiger partial charge >= 0.3 is 5.97 Å². The van der Waals surface area contributed by atoms with Crippen molar-refractivity contribution >= 4 is 11.9 Å². The maximum atomic E-state index is 12.0. The molecule has 0 aromatic carbocycles. The lowest BCUT2D eigenvalue weighted by molar-refractivity contribution is -0.134. The van der Waals surface area contributed by atoms with Crippen LogP contribution in [0.3, 0.4) is 0 Å². The van der Waals surface area contributed by atoms with Crippen LogP contribution in [0.2, 0.25) is 0 Å². The van der Waals surface area contributed by atoms with E-state index in [1.165, 1.54) is 11.0 Å². The fourth-order valence-corrected chi connectivity index (χ4v) is 1.54. The average molecular weight is 242 g/mol. The maximum Gasteiger partial charge on any atom is 0.351 e. The van der Waals surface area contributed by atoms with E-state index in [1.807, 2.05) is 13.8 Å². The van der Waals surface area contributed by atoms with Gasteiger partial charge in [0.25, 0.3) is 0 Å². The fourth-order valence-electron chi connectivity index (χ4n) is 1.54. The molecule has 5 heteroatoms. The van der Waals surface area contributed by atoms with Gasteiger partial charge in [-0.05, 0) is 26.8 Å². The van der Waals surface area contributed by atoms with Crippen molar-refractivity contribution in [3.05, 3.63) is 11.8 Å². The van der Waals surface area contributed by atoms with Gasteiger partial charge in [0.15, 0.2) is 0 Å². The minimum Gasteiger partial charge on any atom is -0.477 e. The third kappa shape index (κ3) is 4.46. The second-order valence-corrected chi connectivity index (χ2v) is 4.05. The SMILES string of the molecule is CCN(CC)C(=O)C(C)/C=C(/C(=O)O)N(C)C.